The topological polar surface area (TPSA) is 93.2 Å². The van der Waals surface area contributed by atoms with E-state index in [0.717, 1.165) is 4.31 Å². The summed E-state index contributed by atoms with van der Waals surface area (Å²) < 4.78 is 37.7. The van der Waals surface area contributed by atoms with Crippen LogP contribution in [0.3, 0.4) is 0 Å². The maximum atomic E-state index is 13.2. The molecule has 1 unspecified atom stereocenters. The molecule has 0 spiro atoms. The minimum Gasteiger partial charge on any atom is -0.479 e. The molecule has 0 radical (unpaired) electrons. The summed E-state index contributed by atoms with van der Waals surface area (Å²) in [6.45, 7) is 3.68. The number of hydrogen-bond acceptors (Lipinski definition) is 6. The van der Waals surface area contributed by atoms with Crippen LogP contribution in [0.15, 0.2) is 47.4 Å². The second-order valence-electron chi connectivity index (χ2n) is 6.48. The van der Waals surface area contributed by atoms with Gasteiger partial charge >= 0.3 is 12.0 Å². The van der Waals surface area contributed by atoms with E-state index in [1.807, 2.05) is 0 Å². The van der Waals surface area contributed by atoms with Gasteiger partial charge in [-0.05, 0) is 49.7 Å². The molecule has 1 aliphatic rings. The summed E-state index contributed by atoms with van der Waals surface area (Å²) in [6, 6.07) is 9.40. The molecule has 10 heteroatoms. The zero-order valence-corrected chi connectivity index (χ0v) is 18.2. The molecule has 0 aromatic heterocycles. The van der Waals surface area contributed by atoms with Crippen molar-refractivity contribution in [3.05, 3.63) is 47.5 Å². The van der Waals surface area contributed by atoms with Crippen molar-refractivity contribution in [2.75, 3.05) is 22.9 Å². The van der Waals surface area contributed by atoms with Gasteiger partial charge in [0.2, 0.25) is 0 Å². The van der Waals surface area contributed by atoms with Crippen molar-refractivity contribution < 1.29 is 27.5 Å². The number of anilines is 2. The minimum absolute atomic E-state index is 0.0592. The number of carbonyl (C=O) groups excluding carboxylic acids is 2. The van der Waals surface area contributed by atoms with E-state index in [2.05, 4.69) is 0 Å². The Bertz CT molecular complexity index is 1070. The average molecular weight is 453 g/mol. The first-order chi connectivity index (χ1) is 14.2. The van der Waals surface area contributed by atoms with Crippen LogP contribution in [-0.4, -0.2) is 40.2 Å². The molecular formula is C20H21ClN2O6S. The van der Waals surface area contributed by atoms with E-state index < -0.39 is 28.1 Å². The predicted molar refractivity (Wildman–Crippen MR) is 113 cm³/mol. The highest BCUT2D eigenvalue weighted by Gasteiger charge is 2.41. The fraction of sp³-hybridized carbons (Fsp3) is 0.300. The zero-order valence-electron chi connectivity index (χ0n) is 16.7. The van der Waals surface area contributed by atoms with Crippen LogP contribution >= 0.6 is 11.6 Å². The van der Waals surface area contributed by atoms with Gasteiger partial charge in [0, 0.05) is 18.1 Å². The maximum absolute atomic E-state index is 13.2. The second kappa shape index (κ2) is 8.53. The number of sulfonamides is 1. The number of nitrogens with zero attached hydrogens (tertiary/aromatic N) is 2. The number of amides is 2. The largest absolute Gasteiger partial charge is 0.479 e. The summed E-state index contributed by atoms with van der Waals surface area (Å²) >= 11 is 5.87. The molecule has 0 saturated carbocycles. The fourth-order valence-electron chi connectivity index (χ4n) is 3.01. The summed E-state index contributed by atoms with van der Waals surface area (Å²) in [4.78, 5) is 26.0. The molecule has 30 heavy (non-hydrogen) atoms. The van der Waals surface area contributed by atoms with Gasteiger partial charge in [-0.2, -0.15) is 4.31 Å². The SMILES string of the molecule is CCOC(=O)C(CC)Oc1ccc2c(c1)N(C)C(=O)N(c1ccc(Cl)cc1)S2(=O)=O. The summed E-state index contributed by atoms with van der Waals surface area (Å²) in [5, 5.41) is 0.420. The molecule has 0 bridgehead atoms. The van der Waals surface area contributed by atoms with Crippen LogP contribution < -0.4 is 13.9 Å². The van der Waals surface area contributed by atoms with Gasteiger partial charge in [0.25, 0.3) is 10.0 Å². The van der Waals surface area contributed by atoms with Crippen LogP contribution in [0.5, 0.6) is 5.75 Å². The molecule has 0 fully saturated rings. The Morgan fingerprint density at radius 1 is 1.13 bits per heavy atom. The number of hydrogen-bond donors (Lipinski definition) is 0. The first kappa shape index (κ1) is 21.9. The molecule has 2 amide bonds. The highest BCUT2D eigenvalue weighted by molar-refractivity contribution is 7.94. The van der Waals surface area contributed by atoms with Crippen molar-refractivity contribution in [3.63, 3.8) is 0 Å². The normalized spacial score (nSPS) is 16.1. The summed E-state index contributed by atoms with van der Waals surface area (Å²) in [7, 11) is -2.69. The molecule has 0 N–H and O–H groups in total. The van der Waals surface area contributed by atoms with Gasteiger partial charge in [0.05, 0.1) is 18.0 Å². The van der Waals surface area contributed by atoms with E-state index in [4.69, 9.17) is 21.1 Å². The van der Waals surface area contributed by atoms with E-state index in [0.29, 0.717) is 11.4 Å². The maximum Gasteiger partial charge on any atom is 0.347 e. The summed E-state index contributed by atoms with van der Waals surface area (Å²) in [5.74, 6) is -0.257. The van der Waals surface area contributed by atoms with E-state index in [9.17, 15) is 18.0 Å². The lowest BCUT2D eigenvalue weighted by Gasteiger charge is -2.34. The zero-order chi connectivity index (χ0) is 22.1. The fourth-order valence-corrected chi connectivity index (χ4v) is 4.76. The second-order valence-corrected chi connectivity index (χ2v) is 8.68. The lowest BCUT2D eigenvalue weighted by Crippen LogP contribution is -2.49. The lowest BCUT2D eigenvalue weighted by atomic mass is 10.2. The molecule has 1 heterocycles. The smallest absolute Gasteiger partial charge is 0.347 e. The van der Waals surface area contributed by atoms with Crippen LogP contribution in [-0.2, 0) is 19.6 Å². The Morgan fingerprint density at radius 2 is 1.80 bits per heavy atom. The molecule has 8 nitrogen and oxygen atoms in total. The molecule has 0 saturated heterocycles. The Labute approximate surface area is 180 Å². The van der Waals surface area contributed by atoms with Crippen molar-refractivity contribution in [1.82, 2.24) is 0 Å². The molecular weight excluding hydrogens is 432 g/mol. The van der Waals surface area contributed by atoms with Gasteiger partial charge in [-0.1, -0.05) is 18.5 Å². The van der Waals surface area contributed by atoms with Crippen LogP contribution in [0.2, 0.25) is 5.02 Å². The number of ether oxygens (including phenoxy) is 2. The van der Waals surface area contributed by atoms with Gasteiger partial charge in [-0.25, -0.2) is 18.0 Å². The first-order valence-corrected chi connectivity index (χ1v) is 11.1. The van der Waals surface area contributed by atoms with E-state index in [1.54, 1.807) is 13.8 Å². The number of esters is 1. The van der Waals surface area contributed by atoms with Gasteiger partial charge in [0.15, 0.2) is 6.10 Å². The third kappa shape index (κ3) is 3.95. The Hall–Kier alpha value is -2.78. The van der Waals surface area contributed by atoms with E-state index in [-0.39, 0.29) is 28.6 Å². The number of fused-ring (bicyclic) bond motifs is 1. The Kier molecular flexibility index (Phi) is 6.23. The summed E-state index contributed by atoms with van der Waals surface area (Å²) in [5.41, 5.74) is 0.331. The summed E-state index contributed by atoms with van der Waals surface area (Å²) in [6.07, 6.45) is -0.470. The number of urea groups is 1. The van der Waals surface area contributed by atoms with Crippen LogP contribution in [0.1, 0.15) is 20.3 Å². The molecule has 1 aliphatic heterocycles. The monoisotopic (exact) mass is 452 g/mol. The highest BCUT2D eigenvalue weighted by atomic mass is 35.5. The van der Waals surface area contributed by atoms with Gasteiger partial charge in [-0.15, -0.1) is 0 Å². The molecule has 0 aliphatic carbocycles. The first-order valence-electron chi connectivity index (χ1n) is 9.26. The Morgan fingerprint density at radius 3 is 2.40 bits per heavy atom. The third-order valence-corrected chi connectivity index (χ3v) is 6.53. The van der Waals surface area contributed by atoms with Crippen molar-refractivity contribution in [3.8, 4) is 5.75 Å². The highest BCUT2D eigenvalue weighted by Crippen LogP contribution is 2.39. The standard InChI is InChI=1S/C20H21ClN2O6S/c1-4-17(19(24)28-5-2)29-15-10-11-18-16(12-15)22(3)20(25)23(30(18,26)27)14-8-6-13(21)7-9-14/h6-12,17H,4-5H2,1-3H3. The van der Waals surface area contributed by atoms with Crippen molar-refractivity contribution >= 4 is 45.0 Å². The van der Waals surface area contributed by atoms with Gasteiger partial charge in [0.1, 0.15) is 10.6 Å². The molecule has 2 aromatic carbocycles. The molecule has 3 rings (SSSR count). The van der Waals surface area contributed by atoms with Gasteiger partial charge in [-0.3, -0.25) is 4.90 Å². The quantitative estimate of drug-likeness (QED) is 0.618. The lowest BCUT2D eigenvalue weighted by molar-refractivity contribution is -0.151. The van der Waals surface area contributed by atoms with Crippen LogP contribution in [0.4, 0.5) is 16.2 Å². The number of rotatable bonds is 6. The molecule has 160 valence electrons. The number of halogens is 1. The third-order valence-electron chi connectivity index (χ3n) is 4.53. The van der Waals surface area contributed by atoms with E-state index >= 15 is 0 Å². The van der Waals surface area contributed by atoms with Gasteiger partial charge < -0.3 is 9.47 Å². The number of benzene rings is 2. The minimum atomic E-state index is -4.15. The van der Waals surface area contributed by atoms with Crippen LogP contribution in [0, 0.1) is 0 Å². The molecule has 2 aromatic rings. The predicted octanol–water partition coefficient (Wildman–Crippen LogP) is 3.83. The average Bonchev–Trinajstić information content (AvgIpc) is 2.71. The van der Waals surface area contributed by atoms with Crippen molar-refractivity contribution in [2.45, 2.75) is 31.3 Å². The Balaban J connectivity index is 1.99. The van der Waals surface area contributed by atoms with Crippen molar-refractivity contribution in [1.29, 1.82) is 0 Å². The van der Waals surface area contributed by atoms with Crippen molar-refractivity contribution in [2.24, 2.45) is 0 Å². The van der Waals surface area contributed by atoms with Crippen LogP contribution in [0.25, 0.3) is 0 Å². The molecule has 1 atom stereocenters. The van der Waals surface area contributed by atoms with E-state index in [1.165, 1.54) is 54.4 Å². The number of carbonyl (C=O) groups is 2.